The molecule has 0 aliphatic heterocycles. The first-order valence-corrected chi connectivity index (χ1v) is 8.88. The molecule has 1 fully saturated rings. The zero-order valence-corrected chi connectivity index (χ0v) is 15.0. The van der Waals surface area contributed by atoms with Crippen molar-refractivity contribution in [1.29, 1.82) is 0 Å². The van der Waals surface area contributed by atoms with E-state index in [2.05, 4.69) is 24.4 Å². The van der Waals surface area contributed by atoms with E-state index in [9.17, 15) is 4.79 Å². The lowest BCUT2D eigenvalue weighted by atomic mass is 9.98. The lowest BCUT2D eigenvalue weighted by molar-refractivity contribution is 0.0930. The molecule has 4 heteroatoms. The Morgan fingerprint density at radius 1 is 1.16 bits per heavy atom. The first kappa shape index (κ1) is 17.5. The van der Waals surface area contributed by atoms with Crippen molar-refractivity contribution in [1.82, 2.24) is 5.32 Å². The number of benzene rings is 2. The van der Waals surface area contributed by atoms with Gasteiger partial charge >= 0.3 is 0 Å². The topological polar surface area (TPSA) is 64.3 Å². The SMILES string of the molecule is Cc1ccc(C(=O)NC2(c3ccccc3C)CC2)cc1OCCCN. The minimum atomic E-state index is -0.214. The molecule has 0 spiro atoms. The standard InChI is InChI=1S/C21H26N2O2/c1-15-6-3-4-7-18(15)21(10-11-21)23-20(24)17-9-8-16(2)19(14-17)25-13-5-12-22/h3-4,6-9,14H,5,10-13,22H2,1-2H3,(H,23,24). The molecule has 4 nitrogen and oxygen atoms in total. The van der Waals surface area contributed by atoms with Crippen molar-refractivity contribution in [2.75, 3.05) is 13.2 Å². The van der Waals surface area contributed by atoms with Crippen molar-refractivity contribution in [3.63, 3.8) is 0 Å². The fraction of sp³-hybridized carbons (Fsp3) is 0.381. The van der Waals surface area contributed by atoms with E-state index in [-0.39, 0.29) is 11.4 Å². The van der Waals surface area contributed by atoms with Gasteiger partial charge in [0.2, 0.25) is 0 Å². The van der Waals surface area contributed by atoms with E-state index in [1.165, 1.54) is 11.1 Å². The molecule has 1 aliphatic carbocycles. The molecule has 1 aliphatic rings. The predicted molar refractivity (Wildman–Crippen MR) is 99.9 cm³/mol. The Labute approximate surface area is 149 Å². The van der Waals surface area contributed by atoms with Gasteiger partial charge < -0.3 is 15.8 Å². The molecule has 3 N–H and O–H groups in total. The van der Waals surface area contributed by atoms with E-state index in [0.717, 1.165) is 30.6 Å². The summed E-state index contributed by atoms with van der Waals surface area (Å²) < 4.78 is 5.76. The fourth-order valence-electron chi connectivity index (χ4n) is 3.15. The van der Waals surface area contributed by atoms with Gasteiger partial charge in [-0.3, -0.25) is 4.79 Å². The summed E-state index contributed by atoms with van der Waals surface area (Å²) in [5.41, 5.74) is 9.38. The van der Waals surface area contributed by atoms with Crippen LogP contribution < -0.4 is 15.8 Å². The van der Waals surface area contributed by atoms with Gasteiger partial charge in [-0.15, -0.1) is 0 Å². The van der Waals surface area contributed by atoms with Gasteiger partial charge in [-0.1, -0.05) is 30.3 Å². The van der Waals surface area contributed by atoms with Crippen molar-refractivity contribution in [3.05, 3.63) is 64.7 Å². The second kappa shape index (κ2) is 7.28. The van der Waals surface area contributed by atoms with Crippen LogP contribution in [0, 0.1) is 13.8 Å². The fourth-order valence-corrected chi connectivity index (χ4v) is 3.15. The maximum Gasteiger partial charge on any atom is 0.252 e. The quantitative estimate of drug-likeness (QED) is 0.760. The first-order chi connectivity index (χ1) is 12.1. The Morgan fingerprint density at radius 2 is 1.92 bits per heavy atom. The van der Waals surface area contributed by atoms with E-state index in [1.807, 2.05) is 37.3 Å². The lowest BCUT2D eigenvalue weighted by Crippen LogP contribution is -2.35. The predicted octanol–water partition coefficient (Wildman–Crippen LogP) is 3.45. The highest BCUT2D eigenvalue weighted by Gasteiger charge is 2.46. The number of aryl methyl sites for hydroxylation is 2. The molecular weight excluding hydrogens is 312 g/mol. The maximum atomic E-state index is 12.8. The van der Waals surface area contributed by atoms with Crippen molar-refractivity contribution >= 4 is 5.91 Å². The molecule has 2 aromatic carbocycles. The molecule has 132 valence electrons. The van der Waals surface area contributed by atoms with Crippen molar-refractivity contribution in [2.45, 2.75) is 38.6 Å². The van der Waals surface area contributed by atoms with Gasteiger partial charge in [0.25, 0.3) is 5.91 Å². The Bertz CT molecular complexity index is 766. The summed E-state index contributed by atoms with van der Waals surface area (Å²) in [6, 6.07) is 13.9. The van der Waals surface area contributed by atoms with Crippen LogP contribution in [0.4, 0.5) is 0 Å². The minimum absolute atomic E-state index is 0.0515. The van der Waals surface area contributed by atoms with E-state index in [4.69, 9.17) is 10.5 Å². The number of ether oxygens (including phenoxy) is 1. The van der Waals surface area contributed by atoms with Crippen LogP contribution in [0.3, 0.4) is 0 Å². The Hall–Kier alpha value is -2.33. The second-order valence-electron chi connectivity index (χ2n) is 6.82. The van der Waals surface area contributed by atoms with Crippen LogP contribution in [0.2, 0.25) is 0 Å². The summed E-state index contributed by atoms with van der Waals surface area (Å²) in [5.74, 6) is 0.700. The van der Waals surface area contributed by atoms with E-state index >= 15 is 0 Å². The smallest absolute Gasteiger partial charge is 0.252 e. The van der Waals surface area contributed by atoms with Crippen molar-refractivity contribution in [2.24, 2.45) is 5.73 Å². The number of hydrogen-bond donors (Lipinski definition) is 2. The molecule has 3 rings (SSSR count). The van der Waals surface area contributed by atoms with E-state index < -0.39 is 0 Å². The van der Waals surface area contributed by atoms with Crippen LogP contribution >= 0.6 is 0 Å². The number of amides is 1. The first-order valence-electron chi connectivity index (χ1n) is 8.88. The third kappa shape index (κ3) is 3.85. The van der Waals surface area contributed by atoms with Crippen LogP contribution in [0.1, 0.15) is 46.3 Å². The van der Waals surface area contributed by atoms with Crippen LogP contribution in [-0.4, -0.2) is 19.1 Å². The molecular formula is C21H26N2O2. The summed E-state index contributed by atoms with van der Waals surface area (Å²) >= 11 is 0. The van der Waals surface area contributed by atoms with Crippen molar-refractivity contribution < 1.29 is 9.53 Å². The Balaban J connectivity index is 1.75. The van der Waals surface area contributed by atoms with Crippen LogP contribution in [0.15, 0.2) is 42.5 Å². The zero-order chi connectivity index (χ0) is 17.9. The van der Waals surface area contributed by atoms with Gasteiger partial charge in [0.05, 0.1) is 12.1 Å². The van der Waals surface area contributed by atoms with Gasteiger partial charge in [-0.05, 0) is 68.5 Å². The van der Waals surface area contributed by atoms with Crippen molar-refractivity contribution in [3.8, 4) is 5.75 Å². The van der Waals surface area contributed by atoms with Gasteiger partial charge in [-0.2, -0.15) is 0 Å². The molecule has 1 saturated carbocycles. The van der Waals surface area contributed by atoms with Crippen LogP contribution in [-0.2, 0) is 5.54 Å². The van der Waals surface area contributed by atoms with E-state index in [1.54, 1.807) is 0 Å². The molecule has 0 bridgehead atoms. The molecule has 0 saturated heterocycles. The Morgan fingerprint density at radius 3 is 2.60 bits per heavy atom. The summed E-state index contributed by atoms with van der Waals surface area (Å²) in [6.07, 6.45) is 2.76. The highest BCUT2D eigenvalue weighted by Crippen LogP contribution is 2.46. The lowest BCUT2D eigenvalue weighted by Gasteiger charge is -2.20. The largest absolute Gasteiger partial charge is 0.493 e. The number of hydrogen-bond acceptors (Lipinski definition) is 3. The van der Waals surface area contributed by atoms with Crippen LogP contribution in [0.25, 0.3) is 0 Å². The van der Waals surface area contributed by atoms with Crippen LogP contribution in [0.5, 0.6) is 5.75 Å². The summed E-state index contributed by atoms with van der Waals surface area (Å²) in [6.45, 7) is 5.24. The number of carbonyl (C=O) groups is 1. The normalized spacial score (nSPS) is 14.8. The van der Waals surface area contributed by atoms with Gasteiger partial charge in [0.15, 0.2) is 0 Å². The average molecular weight is 338 g/mol. The molecule has 0 radical (unpaired) electrons. The van der Waals surface area contributed by atoms with Gasteiger partial charge in [0, 0.05) is 5.56 Å². The molecule has 0 heterocycles. The van der Waals surface area contributed by atoms with Gasteiger partial charge in [-0.25, -0.2) is 0 Å². The summed E-state index contributed by atoms with van der Waals surface area (Å²) in [5, 5.41) is 3.24. The molecule has 25 heavy (non-hydrogen) atoms. The highest BCUT2D eigenvalue weighted by atomic mass is 16.5. The monoisotopic (exact) mass is 338 g/mol. The number of rotatable bonds is 7. The second-order valence-corrected chi connectivity index (χ2v) is 6.82. The molecule has 0 aromatic heterocycles. The molecule has 2 aromatic rings. The third-order valence-corrected chi connectivity index (χ3v) is 4.82. The average Bonchev–Trinajstić information content (AvgIpc) is 3.37. The third-order valence-electron chi connectivity index (χ3n) is 4.82. The number of carbonyl (C=O) groups excluding carboxylic acids is 1. The highest BCUT2D eigenvalue weighted by molar-refractivity contribution is 5.95. The van der Waals surface area contributed by atoms with E-state index in [0.29, 0.717) is 18.7 Å². The molecule has 0 atom stereocenters. The number of nitrogens with one attached hydrogen (secondary N) is 1. The number of nitrogens with two attached hydrogens (primary N) is 1. The molecule has 1 amide bonds. The summed E-state index contributed by atoms with van der Waals surface area (Å²) in [7, 11) is 0. The minimum Gasteiger partial charge on any atom is -0.493 e. The maximum absolute atomic E-state index is 12.8. The van der Waals surface area contributed by atoms with Gasteiger partial charge in [0.1, 0.15) is 5.75 Å². The zero-order valence-electron chi connectivity index (χ0n) is 15.0. The Kier molecular flexibility index (Phi) is 5.09. The summed E-state index contributed by atoms with van der Waals surface area (Å²) in [4.78, 5) is 12.8. The molecule has 0 unspecified atom stereocenters.